The fraction of sp³-hybridized carbons (Fsp3) is 0.333. The van der Waals surface area contributed by atoms with Crippen LogP contribution in [0.2, 0.25) is 0 Å². The van der Waals surface area contributed by atoms with Gasteiger partial charge in [0.05, 0.1) is 13.2 Å². The highest BCUT2D eigenvalue weighted by atomic mass is 16.5. The molecule has 0 unspecified atom stereocenters. The van der Waals surface area contributed by atoms with Crippen LogP contribution >= 0.6 is 0 Å². The molecule has 3 aromatic rings. The first-order chi connectivity index (χ1) is 11.1. The highest BCUT2D eigenvalue weighted by Gasteiger charge is 2.13. The highest BCUT2D eigenvalue weighted by molar-refractivity contribution is 5.43. The van der Waals surface area contributed by atoms with Crippen molar-refractivity contribution < 1.29 is 4.74 Å². The van der Waals surface area contributed by atoms with Crippen molar-refractivity contribution in [1.82, 2.24) is 19.9 Å². The van der Waals surface area contributed by atoms with E-state index in [-0.39, 0.29) is 6.04 Å². The molecule has 3 rings (SSSR count). The Balaban J connectivity index is 1.75. The van der Waals surface area contributed by atoms with E-state index in [4.69, 9.17) is 4.74 Å². The summed E-state index contributed by atoms with van der Waals surface area (Å²) in [4.78, 5) is 0. The van der Waals surface area contributed by atoms with E-state index in [9.17, 15) is 0 Å². The van der Waals surface area contributed by atoms with Crippen molar-refractivity contribution in [3.8, 4) is 5.75 Å². The standard InChI is InChI=1S/C18H22N4O/c1-12-9-15(10-13(2)17(12)23-4)11-19-14(3)18-21-20-16-7-5-6-8-22(16)18/h5-10,14,19H,11H2,1-4H3/t14-/m0/s1. The van der Waals surface area contributed by atoms with Gasteiger partial charge in [0.2, 0.25) is 0 Å². The zero-order valence-electron chi connectivity index (χ0n) is 14.0. The molecule has 0 aliphatic heterocycles. The van der Waals surface area contributed by atoms with E-state index in [1.54, 1.807) is 7.11 Å². The van der Waals surface area contributed by atoms with Crippen LogP contribution in [0.3, 0.4) is 0 Å². The number of hydrogen-bond acceptors (Lipinski definition) is 4. The molecule has 0 saturated heterocycles. The molecule has 0 fully saturated rings. The van der Waals surface area contributed by atoms with Crippen molar-refractivity contribution in [2.75, 3.05) is 7.11 Å². The number of aromatic nitrogens is 3. The Labute approximate surface area is 136 Å². The summed E-state index contributed by atoms with van der Waals surface area (Å²) >= 11 is 0. The molecule has 2 heterocycles. The molecular formula is C18H22N4O. The molecule has 5 heteroatoms. The lowest BCUT2D eigenvalue weighted by Gasteiger charge is -2.15. The van der Waals surface area contributed by atoms with Crippen LogP contribution in [0.25, 0.3) is 5.65 Å². The van der Waals surface area contributed by atoms with Crippen molar-refractivity contribution >= 4 is 5.65 Å². The number of methoxy groups -OCH3 is 1. The Morgan fingerprint density at radius 2 is 1.91 bits per heavy atom. The molecule has 0 bridgehead atoms. The van der Waals surface area contributed by atoms with Gasteiger partial charge < -0.3 is 10.1 Å². The van der Waals surface area contributed by atoms with Gasteiger partial charge in [0.15, 0.2) is 11.5 Å². The monoisotopic (exact) mass is 310 g/mol. The summed E-state index contributed by atoms with van der Waals surface area (Å²) in [7, 11) is 1.71. The molecule has 5 nitrogen and oxygen atoms in total. The number of nitrogens with zero attached hydrogens (tertiary/aromatic N) is 3. The lowest BCUT2D eigenvalue weighted by Crippen LogP contribution is -2.20. The Morgan fingerprint density at radius 3 is 2.61 bits per heavy atom. The second-order valence-electron chi connectivity index (χ2n) is 5.85. The number of fused-ring (bicyclic) bond motifs is 1. The Bertz CT molecular complexity index is 802. The van der Waals surface area contributed by atoms with Gasteiger partial charge in [-0.1, -0.05) is 18.2 Å². The topological polar surface area (TPSA) is 51.5 Å². The fourth-order valence-electron chi connectivity index (χ4n) is 2.98. The Morgan fingerprint density at radius 1 is 1.17 bits per heavy atom. The molecule has 0 aliphatic carbocycles. The smallest absolute Gasteiger partial charge is 0.160 e. The average molecular weight is 310 g/mol. The molecule has 0 saturated carbocycles. The molecule has 1 atom stereocenters. The summed E-state index contributed by atoms with van der Waals surface area (Å²) in [6.07, 6.45) is 1.99. The van der Waals surface area contributed by atoms with Gasteiger partial charge in [-0.15, -0.1) is 10.2 Å². The molecule has 2 aromatic heterocycles. The molecule has 1 N–H and O–H groups in total. The van der Waals surface area contributed by atoms with Crippen LogP contribution in [0.15, 0.2) is 36.5 Å². The van der Waals surface area contributed by atoms with Gasteiger partial charge in [-0.05, 0) is 49.6 Å². The summed E-state index contributed by atoms with van der Waals surface area (Å²) < 4.78 is 7.44. The van der Waals surface area contributed by atoms with Crippen LogP contribution in [0.5, 0.6) is 5.75 Å². The van der Waals surface area contributed by atoms with Gasteiger partial charge in [-0.3, -0.25) is 4.40 Å². The van der Waals surface area contributed by atoms with Gasteiger partial charge in [-0.2, -0.15) is 0 Å². The Kier molecular flexibility index (Phi) is 4.30. The second-order valence-corrected chi connectivity index (χ2v) is 5.85. The van der Waals surface area contributed by atoms with Crippen LogP contribution in [-0.2, 0) is 6.54 Å². The molecule has 0 radical (unpaired) electrons. The maximum atomic E-state index is 5.42. The predicted molar refractivity (Wildman–Crippen MR) is 90.7 cm³/mol. The fourth-order valence-corrected chi connectivity index (χ4v) is 2.98. The van der Waals surface area contributed by atoms with Crippen LogP contribution < -0.4 is 10.1 Å². The van der Waals surface area contributed by atoms with Gasteiger partial charge in [0.25, 0.3) is 0 Å². The third-order valence-electron chi connectivity index (χ3n) is 4.06. The summed E-state index contributed by atoms with van der Waals surface area (Å²) in [6.45, 7) is 7.02. The predicted octanol–water partition coefficient (Wildman–Crippen LogP) is 3.21. The van der Waals surface area contributed by atoms with E-state index < -0.39 is 0 Å². The van der Waals surface area contributed by atoms with Crippen molar-refractivity contribution in [3.05, 3.63) is 59.0 Å². The number of ether oxygens (including phenoxy) is 1. The molecule has 0 aliphatic rings. The lowest BCUT2D eigenvalue weighted by molar-refractivity contribution is 0.408. The van der Waals surface area contributed by atoms with E-state index in [1.807, 2.05) is 28.8 Å². The zero-order chi connectivity index (χ0) is 16.4. The van der Waals surface area contributed by atoms with Crippen LogP contribution in [0.4, 0.5) is 0 Å². The summed E-state index contributed by atoms with van der Waals surface area (Å²) in [5.41, 5.74) is 4.42. The minimum atomic E-state index is 0.107. The maximum Gasteiger partial charge on any atom is 0.160 e. The number of pyridine rings is 1. The van der Waals surface area contributed by atoms with Gasteiger partial charge in [0, 0.05) is 12.7 Å². The molecule has 0 amide bonds. The van der Waals surface area contributed by atoms with E-state index in [0.29, 0.717) is 0 Å². The molecule has 0 spiro atoms. The van der Waals surface area contributed by atoms with Crippen molar-refractivity contribution in [1.29, 1.82) is 0 Å². The zero-order valence-corrected chi connectivity index (χ0v) is 14.0. The number of rotatable bonds is 5. The van der Waals surface area contributed by atoms with Crippen molar-refractivity contribution in [3.63, 3.8) is 0 Å². The van der Waals surface area contributed by atoms with E-state index in [1.165, 1.54) is 5.56 Å². The quantitative estimate of drug-likeness (QED) is 0.786. The number of benzene rings is 1. The van der Waals surface area contributed by atoms with Crippen LogP contribution in [0, 0.1) is 13.8 Å². The first-order valence-corrected chi connectivity index (χ1v) is 7.77. The first-order valence-electron chi connectivity index (χ1n) is 7.77. The highest BCUT2D eigenvalue weighted by Crippen LogP contribution is 2.24. The lowest BCUT2D eigenvalue weighted by atomic mass is 10.1. The molecule has 1 aromatic carbocycles. The molecular weight excluding hydrogens is 288 g/mol. The van der Waals surface area contributed by atoms with E-state index >= 15 is 0 Å². The third-order valence-corrected chi connectivity index (χ3v) is 4.06. The molecule has 23 heavy (non-hydrogen) atoms. The minimum absolute atomic E-state index is 0.107. The number of hydrogen-bond donors (Lipinski definition) is 1. The molecule has 120 valence electrons. The van der Waals surface area contributed by atoms with Gasteiger partial charge >= 0.3 is 0 Å². The van der Waals surface area contributed by atoms with Gasteiger partial charge in [-0.25, -0.2) is 0 Å². The van der Waals surface area contributed by atoms with Crippen LogP contribution in [-0.4, -0.2) is 21.7 Å². The van der Waals surface area contributed by atoms with Gasteiger partial charge in [0.1, 0.15) is 5.75 Å². The number of nitrogens with one attached hydrogen (secondary N) is 1. The van der Waals surface area contributed by atoms with E-state index in [0.717, 1.165) is 34.9 Å². The maximum absolute atomic E-state index is 5.42. The average Bonchev–Trinajstić information content (AvgIpc) is 2.96. The largest absolute Gasteiger partial charge is 0.496 e. The normalized spacial score (nSPS) is 12.5. The summed E-state index contributed by atoms with van der Waals surface area (Å²) in [5, 5.41) is 12.0. The van der Waals surface area contributed by atoms with Crippen molar-refractivity contribution in [2.24, 2.45) is 0 Å². The summed E-state index contributed by atoms with van der Waals surface area (Å²) in [6, 6.07) is 10.3. The SMILES string of the molecule is COc1c(C)cc(CN[C@@H](C)c2nnc3ccccn23)cc1C. The second kappa shape index (κ2) is 6.38. The van der Waals surface area contributed by atoms with Crippen molar-refractivity contribution in [2.45, 2.75) is 33.4 Å². The van der Waals surface area contributed by atoms with Crippen LogP contribution in [0.1, 0.15) is 35.5 Å². The third kappa shape index (κ3) is 3.05. The first kappa shape index (κ1) is 15.5. The summed E-state index contributed by atoms with van der Waals surface area (Å²) in [5.74, 6) is 1.88. The van der Waals surface area contributed by atoms with E-state index in [2.05, 4.69) is 48.4 Å². The Hall–Kier alpha value is -2.40. The minimum Gasteiger partial charge on any atom is -0.496 e. The number of aryl methyl sites for hydroxylation is 2.